The van der Waals surface area contributed by atoms with Gasteiger partial charge in [-0.05, 0) is 25.2 Å². The van der Waals surface area contributed by atoms with E-state index in [2.05, 4.69) is 15.6 Å². The summed E-state index contributed by atoms with van der Waals surface area (Å²) in [5.74, 6) is -0.248. The number of halogens is 1. The van der Waals surface area contributed by atoms with Crippen LogP contribution in [0.5, 0.6) is 0 Å². The zero-order chi connectivity index (χ0) is 14.1. The molecule has 106 valence electrons. The number of likely N-dealkylation sites (N-methyl/N-ethyl adjacent to an activating group) is 1. The van der Waals surface area contributed by atoms with Crippen LogP contribution in [0, 0.1) is 5.92 Å². The van der Waals surface area contributed by atoms with Crippen LogP contribution in [0.4, 0.5) is 5.13 Å². The number of nitrogens with one attached hydrogen (secondary N) is 2. The van der Waals surface area contributed by atoms with Crippen molar-refractivity contribution >= 4 is 44.2 Å². The van der Waals surface area contributed by atoms with Gasteiger partial charge in [0.25, 0.3) is 0 Å². The quantitative estimate of drug-likeness (QED) is 0.911. The highest BCUT2D eigenvalue weighted by Crippen LogP contribution is 2.29. The van der Waals surface area contributed by atoms with Crippen molar-refractivity contribution in [3.05, 3.63) is 23.2 Å². The lowest BCUT2D eigenvalue weighted by Crippen LogP contribution is -2.39. The van der Waals surface area contributed by atoms with E-state index in [1.54, 1.807) is 6.07 Å². The molecule has 3 rings (SSSR count). The zero-order valence-electron chi connectivity index (χ0n) is 10.9. The van der Waals surface area contributed by atoms with Gasteiger partial charge in [0.1, 0.15) is 0 Å². The second-order valence-corrected chi connectivity index (χ2v) is 6.13. The van der Waals surface area contributed by atoms with Gasteiger partial charge >= 0.3 is 0 Å². The van der Waals surface area contributed by atoms with E-state index in [9.17, 15) is 4.79 Å². The van der Waals surface area contributed by atoms with E-state index in [1.165, 1.54) is 11.3 Å². The minimum Gasteiger partial charge on any atom is -0.379 e. The highest BCUT2D eigenvalue weighted by Gasteiger charge is 2.33. The number of benzene rings is 1. The van der Waals surface area contributed by atoms with Crippen molar-refractivity contribution in [2.45, 2.75) is 6.04 Å². The fourth-order valence-electron chi connectivity index (χ4n) is 2.25. The molecule has 2 heterocycles. The van der Waals surface area contributed by atoms with E-state index >= 15 is 0 Å². The van der Waals surface area contributed by atoms with Crippen LogP contribution < -0.4 is 10.6 Å². The van der Waals surface area contributed by atoms with Gasteiger partial charge in [-0.1, -0.05) is 22.9 Å². The highest BCUT2D eigenvalue weighted by molar-refractivity contribution is 7.22. The summed E-state index contributed by atoms with van der Waals surface area (Å²) < 4.78 is 6.30. The molecule has 1 aliphatic rings. The Bertz CT molecular complexity index is 646. The van der Waals surface area contributed by atoms with E-state index in [0.29, 0.717) is 23.4 Å². The molecule has 2 unspecified atom stereocenters. The number of fused-ring (bicyclic) bond motifs is 1. The van der Waals surface area contributed by atoms with E-state index in [-0.39, 0.29) is 17.9 Å². The van der Waals surface area contributed by atoms with Gasteiger partial charge in [0, 0.05) is 11.1 Å². The Hall–Kier alpha value is -1.21. The van der Waals surface area contributed by atoms with Gasteiger partial charge in [-0.15, -0.1) is 0 Å². The van der Waals surface area contributed by atoms with Crippen LogP contribution in [0.2, 0.25) is 5.02 Å². The molecule has 0 aliphatic carbocycles. The first-order valence-corrected chi connectivity index (χ1v) is 7.49. The second kappa shape index (κ2) is 5.65. The monoisotopic (exact) mass is 311 g/mol. The van der Waals surface area contributed by atoms with Crippen LogP contribution in [-0.4, -0.2) is 37.2 Å². The minimum absolute atomic E-state index is 0.0545. The fourth-order valence-corrected chi connectivity index (χ4v) is 3.39. The van der Waals surface area contributed by atoms with Crippen molar-refractivity contribution < 1.29 is 9.53 Å². The van der Waals surface area contributed by atoms with Gasteiger partial charge in [0.15, 0.2) is 5.13 Å². The molecule has 1 aromatic carbocycles. The lowest BCUT2D eigenvalue weighted by atomic mass is 10.0. The molecule has 1 fully saturated rings. The van der Waals surface area contributed by atoms with Crippen molar-refractivity contribution in [3.8, 4) is 0 Å². The fraction of sp³-hybridized carbons (Fsp3) is 0.385. The average Bonchev–Trinajstić information content (AvgIpc) is 3.03. The molecule has 2 aromatic rings. The Morgan fingerprint density at radius 2 is 2.35 bits per heavy atom. The Kier molecular flexibility index (Phi) is 3.89. The molecule has 5 nitrogen and oxygen atoms in total. The summed E-state index contributed by atoms with van der Waals surface area (Å²) in [7, 11) is 1.83. The third kappa shape index (κ3) is 2.64. The predicted octanol–water partition coefficient (Wildman–Crippen LogP) is 2.12. The summed E-state index contributed by atoms with van der Waals surface area (Å²) >= 11 is 7.36. The molecule has 7 heteroatoms. The predicted molar refractivity (Wildman–Crippen MR) is 80.4 cm³/mol. The number of hydrogen-bond acceptors (Lipinski definition) is 5. The van der Waals surface area contributed by atoms with E-state index in [1.807, 2.05) is 19.2 Å². The summed E-state index contributed by atoms with van der Waals surface area (Å²) in [4.78, 5) is 16.6. The van der Waals surface area contributed by atoms with Gasteiger partial charge in [0.05, 0.1) is 29.3 Å². The van der Waals surface area contributed by atoms with Gasteiger partial charge in [-0.25, -0.2) is 4.98 Å². The van der Waals surface area contributed by atoms with Crippen molar-refractivity contribution in [1.82, 2.24) is 10.3 Å². The van der Waals surface area contributed by atoms with E-state index < -0.39 is 0 Å². The summed E-state index contributed by atoms with van der Waals surface area (Å²) in [5, 5.41) is 7.21. The molecule has 0 bridgehead atoms. The van der Waals surface area contributed by atoms with Gasteiger partial charge in [-0.3, -0.25) is 4.79 Å². The first-order valence-electron chi connectivity index (χ1n) is 6.29. The number of carbonyl (C=O) groups is 1. The number of carbonyl (C=O) groups excluding carboxylic acids is 1. The first kappa shape index (κ1) is 13.8. The van der Waals surface area contributed by atoms with Crippen molar-refractivity contribution in [2.24, 2.45) is 5.92 Å². The third-order valence-electron chi connectivity index (χ3n) is 3.37. The molecule has 1 amide bonds. The zero-order valence-corrected chi connectivity index (χ0v) is 12.4. The molecular formula is C13H14ClN3O2S. The summed E-state index contributed by atoms with van der Waals surface area (Å²) in [6.45, 7) is 0.998. The maximum absolute atomic E-state index is 12.2. The van der Waals surface area contributed by atoms with Gasteiger partial charge in [-0.2, -0.15) is 0 Å². The number of amides is 1. The van der Waals surface area contributed by atoms with Crippen LogP contribution >= 0.6 is 22.9 Å². The second-order valence-electron chi connectivity index (χ2n) is 4.66. The van der Waals surface area contributed by atoms with Crippen molar-refractivity contribution in [2.75, 3.05) is 25.6 Å². The Labute approximate surface area is 125 Å². The smallest absolute Gasteiger partial charge is 0.233 e. The molecule has 1 saturated heterocycles. The summed E-state index contributed by atoms with van der Waals surface area (Å²) in [6.07, 6.45) is 0. The van der Waals surface area contributed by atoms with Crippen LogP contribution in [0.1, 0.15) is 0 Å². The maximum Gasteiger partial charge on any atom is 0.233 e. The average molecular weight is 312 g/mol. The third-order valence-corrected chi connectivity index (χ3v) is 4.54. The van der Waals surface area contributed by atoms with Gasteiger partial charge in [0.2, 0.25) is 5.91 Å². The number of anilines is 1. The normalized spacial score (nSPS) is 22.3. The molecule has 0 spiro atoms. The number of thiazole rings is 1. The number of ether oxygens (including phenoxy) is 1. The lowest BCUT2D eigenvalue weighted by Gasteiger charge is -2.15. The SMILES string of the molecule is CNC1COCC1C(=O)Nc1nc2ccc(Cl)cc2s1. The van der Waals surface area contributed by atoms with Crippen molar-refractivity contribution in [3.63, 3.8) is 0 Å². The van der Waals surface area contributed by atoms with Crippen LogP contribution in [0.3, 0.4) is 0 Å². The highest BCUT2D eigenvalue weighted by atomic mass is 35.5. The largest absolute Gasteiger partial charge is 0.379 e. The number of aromatic nitrogens is 1. The molecule has 2 atom stereocenters. The molecule has 0 radical (unpaired) electrons. The first-order chi connectivity index (χ1) is 9.67. The van der Waals surface area contributed by atoms with E-state index in [4.69, 9.17) is 16.3 Å². The molecule has 2 N–H and O–H groups in total. The van der Waals surface area contributed by atoms with Crippen LogP contribution in [-0.2, 0) is 9.53 Å². The van der Waals surface area contributed by atoms with Crippen molar-refractivity contribution in [1.29, 1.82) is 0 Å². The summed E-state index contributed by atoms with van der Waals surface area (Å²) in [6, 6.07) is 5.54. The maximum atomic E-state index is 12.2. The standard InChI is InChI=1S/C13H14ClN3O2S/c1-15-10-6-19-5-8(10)12(18)17-13-16-9-3-2-7(14)4-11(9)20-13/h2-4,8,10,15H,5-6H2,1H3,(H,16,17,18). The van der Waals surface area contributed by atoms with Gasteiger partial charge < -0.3 is 15.4 Å². The number of hydrogen-bond donors (Lipinski definition) is 2. The number of nitrogens with zero attached hydrogens (tertiary/aromatic N) is 1. The van der Waals surface area contributed by atoms with Crippen LogP contribution in [0.25, 0.3) is 10.2 Å². The van der Waals surface area contributed by atoms with Crippen LogP contribution in [0.15, 0.2) is 18.2 Å². The molecule has 0 saturated carbocycles. The van der Waals surface area contributed by atoms with E-state index in [0.717, 1.165) is 10.2 Å². The molecule has 1 aromatic heterocycles. The lowest BCUT2D eigenvalue weighted by molar-refractivity contribution is -0.120. The Morgan fingerprint density at radius 3 is 3.15 bits per heavy atom. The molecule has 20 heavy (non-hydrogen) atoms. The Balaban J connectivity index is 1.77. The topological polar surface area (TPSA) is 63.2 Å². The Morgan fingerprint density at radius 1 is 1.50 bits per heavy atom. The molecular weight excluding hydrogens is 298 g/mol. The molecule has 1 aliphatic heterocycles. The summed E-state index contributed by atoms with van der Waals surface area (Å²) in [5.41, 5.74) is 0.836. The number of rotatable bonds is 3. The minimum atomic E-state index is -0.185.